The van der Waals surface area contributed by atoms with Crippen LogP contribution in [0.5, 0.6) is 0 Å². The minimum atomic E-state index is -5.40. The summed E-state index contributed by atoms with van der Waals surface area (Å²) in [4.78, 5) is 35.3. The van der Waals surface area contributed by atoms with Gasteiger partial charge >= 0.3 is 24.2 Å². The third-order valence-electron chi connectivity index (χ3n) is 4.21. The molecule has 2 heterocycles. The lowest BCUT2D eigenvalue weighted by Crippen LogP contribution is -2.72. The number of halogens is 6. The summed E-state index contributed by atoms with van der Waals surface area (Å²) in [5.74, 6) is -5.62. The maximum absolute atomic E-state index is 12.5. The van der Waals surface area contributed by atoms with Crippen molar-refractivity contribution in [3.05, 3.63) is 0 Å². The fourth-order valence-electron chi connectivity index (χ4n) is 2.88. The van der Waals surface area contributed by atoms with E-state index in [1.54, 1.807) is 0 Å². The van der Waals surface area contributed by atoms with Crippen molar-refractivity contribution in [1.29, 1.82) is 0 Å². The predicted octanol–water partition coefficient (Wildman–Crippen LogP) is -0.117. The Hall–Kier alpha value is -2.06. The number of amides is 2. The summed E-state index contributed by atoms with van der Waals surface area (Å²) in [5, 5.41) is -0.812. The van der Waals surface area contributed by atoms with Crippen molar-refractivity contribution < 1.29 is 53.9 Å². The minimum Gasteiger partial charge on any atom is -0.454 e. The molecule has 15 heteroatoms. The predicted molar refractivity (Wildman–Crippen MR) is 72.4 cm³/mol. The topological polar surface area (TPSA) is 110 Å². The zero-order chi connectivity index (χ0) is 21.2. The largest absolute Gasteiger partial charge is 0.471 e. The van der Waals surface area contributed by atoms with Crippen LogP contribution in [0.2, 0.25) is 0 Å². The lowest BCUT2D eigenvalue weighted by molar-refractivity contribution is -0.193. The molecule has 0 unspecified atom stereocenters. The van der Waals surface area contributed by atoms with Crippen LogP contribution in [-0.4, -0.2) is 72.3 Å². The Labute approximate surface area is 147 Å². The zero-order valence-electron chi connectivity index (χ0n) is 13.5. The van der Waals surface area contributed by atoms with E-state index < -0.39 is 68.8 Å². The van der Waals surface area contributed by atoms with Crippen molar-refractivity contribution in [3.8, 4) is 0 Å². The van der Waals surface area contributed by atoms with E-state index in [0.29, 0.717) is 4.90 Å². The molecule has 0 spiro atoms. The fraction of sp³-hybridized carbons (Fsp3) is 0.750. The number of nitrogens with zero attached hydrogens (tertiary/aromatic N) is 1. The van der Waals surface area contributed by atoms with Gasteiger partial charge in [-0.3, -0.25) is 9.59 Å². The Morgan fingerprint density at radius 3 is 2.15 bits per heavy atom. The second-order valence-electron chi connectivity index (χ2n) is 6.36. The third kappa shape index (κ3) is 3.32. The molecule has 1 N–H and O–H groups in total. The number of rotatable bonds is 3. The van der Waals surface area contributed by atoms with Gasteiger partial charge in [-0.05, 0) is 13.8 Å². The highest BCUT2D eigenvalue weighted by atomic mass is 32.2. The van der Waals surface area contributed by atoms with E-state index in [4.69, 9.17) is 0 Å². The molecule has 2 aliphatic heterocycles. The summed E-state index contributed by atoms with van der Waals surface area (Å²) in [7, 11) is -4.55. The Morgan fingerprint density at radius 1 is 1.19 bits per heavy atom. The van der Waals surface area contributed by atoms with E-state index >= 15 is 0 Å². The average Bonchev–Trinajstić information content (AvgIpc) is 2.62. The summed E-state index contributed by atoms with van der Waals surface area (Å²) in [6.07, 6.45) is -10.3. The molecule has 2 saturated heterocycles. The number of alkyl halides is 6. The molecule has 2 aliphatic rings. The van der Waals surface area contributed by atoms with E-state index in [0.717, 1.165) is 13.8 Å². The van der Waals surface area contributed by atoms with Crippen molar-refractivity contribution in [3.63, 3.8) is 0 Å². The van der Waals surface area contributed by atoms with Gasteiger partial charge in [0.1, 0.15) is 16.8 Å². The number of nitrogens with one attached hydrogen (secondary N) is 1. The molecule has 0 aliphatic carbocycles. The number of β-lactam (4-membered cyclic amide) rings is 1. The van der Waals surface area contributed by atoms with Crippen LogP contribution in [0.1, 0.15) is 13.8 Å². The molecule has 0 bridgehead atoms. The van der Waals surface area contributed by atoms with Crippen LogP contribution < -0.4 is 5.32 Å². The molecule has 3 atom stereocenters. The summed E-state index contributed by atoms with van der Waals surface area (Å²) in [6, 6.07) is -4.13. The first kappa shape index (κ1) is 21.2. The van der Waals surface area contributed by atoms with Gasteiger partial charge in [0.05, 0.1) is 0 Å². The molecule has 2 rings (SSSR count). The third-order valence-corrected chi connectivity index (χ3v) is 7.04. The van der Waals surface area contributed by atoms with Crippen LogP contribution in [0.25, 0.3) is 0 Å². The van der Waals surface area contributed by atoms with Crippen LogP contribution in [-0.2, 0) is 29.0 Å². The van der Waals surface area contributed by atoms with Gasteiger partial charge in [0, 0.05) is 0 Å². The van der Waals surface area contributed by atoms with Gasteiger partial charge in [0.15, 0.2) is 21.8 Å². The summed E-state index contributed by atoms with van der Waals surface area (Å²) in [6.45, 7) is -0.217. The molecule has 0 saturated carbocycles. The SMILES string of the molecule is CC1(C)[C@H](C(=O)OCC(F)(F)F)N2C(=O)[C@@H](NC(=O)C(F)(F)F)[C@H]2S1(=O)=O. The van der Waals surface area contributed by atoms with Gasteiger partial charge in [0.2, 0.25) is 5.91 Å². The standard InChI is InChI=1S/C12H12F6N2O6S/c1-10(2)5(8(22)26-3-11(13,14)15)20-6(21)4(7(20)27(10,24)25)19-9(23)12(16,17)18/h4-5,7H,3H2,1-2H3,(H,19,23)/t4-,5+,7-/m1/s1. The second-order valence-corrected chi connectivity index (χ2v) is 8.98. The lowest BCUT2D eigenvalue weighted by atomic mass is 9.96. The van der Waals surface area contributed by atoms with E-state index in [9.17, 15) is 49.1 Å². The highest BCUT2D eigenvalue weighted by Gasteiger charge is 2.73. The summed E-state index contributed by atoms with van der Waals surface area (Å²) in [5.41, 5.74) is 0. The van der Waals surface area contributed by atoms with Crippen molar-refractivity contribution in [2.24, 2.45) is 0 Å². The number of fused-ring (bicyclic) bond motifs is 1. The second kappa shape index (κ2) is 5.97. The van der Waals surface area contributed by atoms with Gasteiger partial charge in [-0.15, -0.1) is 0 Å². The van der Waals surface area contributed by atoms with Gasteiger partial charge in [-0.1, -0.05) is 0 Å². The van der Waals surface area contributed by atoms with Crippen molar-refractivity contribution in [2.45, 2.75) is 48.4 Å². The van der Waals surface area contributed by atoms with E-state index in [1.165, 1.54) is 5.32 Å². The van der Waals surface area contributed by atoms with Gasteiger partial charge < -0.3 is 15.0 Å². The van der Waals surface area contributed by atoms with Gasteiger partial charge in [-0.2, -0.15) is 26.3 Å². The van der Waals surface area contributed by atoms with E-state index in [2.05, 4.69) is 4.74 Å². The maximum Gasteiger partial charge on any atom is 0.471 e. The number of hydrogen-bond donors (Lipinski definition) is 1. The Balaban J connectivity index is 2.31. The quantitative estimate of drug-likeness (QED) is 0.383. The first-order chi connectivity index (χ1) is 11.9. The number of ether oxygens (including phenoxy) is 1. The smallest absolute Gasteiger partial charge is 0.454 e. The van der Waals surface area contributed by atoms with E-state index in [1.807, 2.05) is 0 Å². The molecule has 2 amide bonds. The van der Waals surface area contributed by atoms with Crippen molar-refractivity contribution >= 4 is 27.6 Å². The first-order valence-electron chi connectivity index (χ1n) is 7.09. The van der Waals surface area contributed by atoms with Crippen molar-refractivity contribution in [2.75, 3.05) is 6.61 Å². The molecule has 0 aromatic heterocycles. The lowest BCUT2D eigenvalue weighted by Gasteiger charge is -2.43. The average molecular weight is 426 g/mol. The molecule has 2 fully saturated rings. The molecule has 154 valence electrons. The number of carbonyl (C=O) groups excluding carboxylic acids is 3. The van der Waals surface area contributed by atoms with Crippen LogP contribution in [0, 0.1) is 0 Å². The van der Waals surface area contributed by atoms with Gasteiger partial charge in [0.25, 0.3) is 0 Å². The Morgan fingerprint density at radius 2 is 1.70 bits per heavy atom. The van der Waals surface area contributed by atoms with Crippen LogP contribution >= 0.6 is 0 Å². The summed E-state index contributed by atoms with van der Waals surface area (Å²) >= 11 is 0. The Bertz CT molecular complexity index is 789. The van der Waals surface area contributed by atoms with Crippen LogP contribution in [0.4, 0.5) is 26.3 Å². The molecule has 0 aromatic carbocycles. The molecule has 0 aromatic rings. The van der Waals surface area contributed by atoms with E-state index in [-0.39, 0.29) is 0 Å². The first-order valence-corrected chi connectivity index (χ1v) is 8.64. The maximum atomic E-state index is 12.5. The highest BCUT2D eigenvalue weighted by molar-refractivity contribution is 7.94. The number of hydrogen-bond acceptors (Lipinski definition) is 6. The zero-order valence-corrected chi connectivity index (χ0v) is 14.3. The molecule has 27 heavy (non-hydrogen) atoms. The van der Waals surface area contributed by atoms with Crippen LogP contribution in [0.3, 0.4) is 0 Å². The monoisotopic (exact) mass is 426 g/mol. The normalized spacial score (nSPS) is 29.0. The molecule has 0 radical (unpaired) electrons. The Kier molecular flexibility index (Phi) is 4.70. The number of sulfone groups is 1. The van der Waals surface area contributed by atoms with Crippen molar-refractivity contribution in [1.82, 2.24) is 10.2 Å². The van der Waals surface area contributed by atoms with Gasteiger partial charge in [-0.25, -0.2) is 13.2 Å². The number of esters is 1. The fourth-order valence-corrected chi connectivity index (χ4v) is 5.09. The van der Waals surface area contributed by atoms with Crippen LogP contribution in [0.15, 0.2) is 0 Å². The summed E-state index contributed by atoms with van der Waals surface area (Å²) < 4.78 is 100. The highest BCUT2D eigenvalue weighted by Crippen LogP contribution is 2.46. The molecular formula is C12H12F6N2O6S. The molecular weight excluding hydrogens is 414 g/mol. The minimum absolute atomic E-state index is 0.315. The number of carbonyl (C=O) groups is 3. The molecule has 8 nitrogen and oxygen atoms in total.